The van der Waals surface area contributed by atoms with Crippen LogP contribution in [-0.2, 0) is 0 Å². The summed E-state index contributed by atoms with van der Waals surface area (Å²) in [4.78, 5) is 14.1. The molecular weight excluding hydrogens is 304 g/mol. The molecule has 1 aliphatic heterocycles. The average molecular weight is 326 g/mol. The highest BCUT2D eigenvalue weighted by molar-refractivity contribution is 5.89. The van der Waals surface area contributed by atoms with Crippen molar-refractivity contribution in [2.24, 2.45) is 0 Å². The van der Waals surface area contributed by atoms with Gasteiger partial charge in [0.2, 0.25) is 5.88 Å². The summed E-state index contributed by atoms with van der Waals surface area (Å²) in [5.74, 6) is 0.545. The number of carbonyl (C=O) groups excluding carboxylic acids is 1. The molecule has 1 aromatic heterocycles. The van der Waals surface area contributed by atoms with Gasteiger partial charge in [0.1, 0.15) is 6.10 Å². The van der Waals surface area contributed by atoms with Crippen molar-refractivity contribution in [3.63, 3.8) is 0 Å². The molecule has 126 valence electrons. The van der Waals surface area contributed by atoms with Crippen LogP contribution in [0.4, 0.5) is 10.5 Å². The Morgan fingerprint density at radius 1 is 1.08 bits per heavy atom. The predicted octanol–water partition coefficient (Wildman–Crippen LogP) is 3.17. The molecule has 1 N–H and O–H groups in total. The molecule has 0 atom stereocenters. The maximum Gasteiger partial charge on any atom is 0.321 e. The third-order valence-corrected chi connectivity index (χ3v) is 4.09. The third-order valence-electron chi connectivity index (χ3n) is 4.09. The Balaban J connectivity index is 1.48. The molecule has 6 heteroatoms. The number of anilines is 1. The Bertz CT molecular complexity index is 677. The van der Waals surface area contributed by atoms with Crippen molar-refractivity contribution >= 4 is 11.7 Å². The van der Waals surface area contributed by atoms with Gasteiger partial charge in [0, 0.05) is 37.7 Å². The highest BCUT2D eigenvalue weighted by atomic mass is 16.5. The molecule has 0 bridgehead atoms. The van der Waals surface area contributed by atoms with E-state index in [-0.39, 0.29) is 12.1 Å². The fourth-order valence-corrected chi connectivity index (χ4v) is 2.64. The van der Waals surface area contributed by atoms with Crippen molar-refractivity contribution < 1.29 is 9.53 Å². The fourth-order valence-electron chi connectivity index (χ4n) is 2.64. The molecule has 0 saturated carbocycles. The SMILES string of the molecule is Cc1ccc(NC(=O)N2CCC(Oc3ccc(C)nn3)CC2)cc1. The molecule has 0 unspecified atom stereocenters. The monoisotopic (exact) mass is 326 g/mol. The predicted molar refractivity (Wildman–Crippen MR) is 92.2 cm³/mol. The van der Waals surface area contributed by atoms with Crippen LogP contribution in [-0.4, -0.2) is 40.3 Å². The van der Waals surface area contributed by atoms with Crippen LogP contribution in [0.1, 0.15) is 24.1 Å². The Labute approximate surface area is 141 Å². The number of benzene rings is 1. The molecule has 6 nitrogen and oxygen atoms in total. The van der Waals surface area contributed by atoms with Crippen LogP contribution in [0.25, 0.3) is 0 Å². The molecule has 1 fully saturated rings. The molecule has 3 rings (SSSR count). The van der Waals surface area contributed by atoms with E-state index in [1.165, 1.54) is 5.56 Å². The number of urea groups is 1. The van der Waals surface area contributed by atoms with Gasteiger partial charge in [-0.1, -0.05) is 17.7 Å². The zero-order valence-corrected chi connectivity index (χ0v) is 14.0. The first-order chi connectivity index (χ1) is 11.6. The summed E-state index contributed by atoms with van der Waals surface area (Å²) in [5.41, 5.74) is 2.86. The number of nitrogens with one attached hydrogen (secondary N) is 1. The smallest absolute Gasteiger partial charge is 0.321 e. The molecular formula is C18H22N4O2. The normalized spacial score (nSPS) is 15.2. The van der Waals surface area contributed by atoms with Gasteiger partial charge >= 0.3 is 6.03 Å². The second-order valence-electron chi connectivity index (χ2n) is 6.11. The van der Waals surface area contributed by atoms with Crippen LogP contribution < -0.4 is 10.1 Å². The van der Waals surface area contributed by atoms with Gasteiger partial charge in [-0.15, -0.1) is 5.10 Å². The molecule has 2 amide bonds. The van der Waals surface area contributed by atoms with Crippen LogP contribution >= 0.6 is 0 Å². The van der Waals surface area contributed by atoms with E-state index in [9.17, 15) is 4.79 Å². The van der Waals surface area contributed by atoms with E-state index in [1.807, 2.05) is 55.1 Å². The summed E-state index contributed by atoms with van der Waals surface area (Å²) in [7, 11) is 0. The number of rotatable bonds is 3. The zero-order valence-electron chi connectivity index (χ0n) is 14.0. The van der Waals surface area contributed by atoms with Gasteiger partial charge in [0.15, 0.2) is 0 Å². The molecule has 1 aromatic carbocycles. The average Bonchev–Trinajstić information content (AvgIpc) is 2.59. The van der Waals surface area contributed by atoms with Crippen LogP contribution in [0, 0.1) is 13.8 Å². The van der Waals surface area contributed by atoms with Crippen molar-refractivity contribution in [2.75, 3.05) is 18.4 Å². The minimum absolute atomic E-state index is 0.0626. The number of carbonyl (C=O) groups is 1. The van der Waals surface area contributed by atoms with Crippen molar-refractivity contribution in [1.82, 2.24) is 15.1 Å². The molecule has 0 spiro atoms. The van der Waals surface area contributed by atoms with E-state index in [1.54, 1.807) is 0 Å². The first-order valence-corrected chi connectivity index (χ1v) is 8.20. The van der Waals surface area contributed by atoms with Gasteiger partial charge in [0.05, 0.1) is 5.69 Å². The van der Waals surface area contributed by atoms with Crippen molar-refractivity contribution in [2.45, 2.75) is 32.8 Å². The fraction of sp³-hybridized carbons (Fsp3) is 0.389. The number of likely N-dealkylation sites (tertiary alicyclic amines) is 1. The molecule has 2 aromatic rings. The summed E-state index contributed by atoms with van der Waals surface area (Å²) >= 11 is 0. The minimum atomic E-state index is -0.0626. The van der Waals surface area contributed by atoms with Crippen molar-refractivity contribution in [1.29, 1.82) is 0 Å². The van der Waals surface area contributed by atoms with Gasteiger partial charge in [-0.3, -0.25) is 0 Å². The maximum absolute atomic E-state index is 12.3. The highest BCUT2D eigenvalue weighted by Gasteiger charge is 2.24. The summed E-state index contributed by atoms with van der Waals surface area (Å²) in [6, 6.07) is 11.5. The van der Waals surface area contributed by atoms with Gasteiger partial charge in [-0.25, -0.2) is 4.79 Å². The van der Waals surface area contributed by atoms with Gasteiger partial charge in [-0.2, -0.15) is 5.10 Å². The second kappa shape index (κ2) is 7.29. The number of ether oxygens (including phenoxy) is 1. The topological polar surface area (TPSA) is 67.4 Å². The first kappa shape index (κ1) is 16.2. The second-order valence-corrected chi connectivity index (χ2v) is 6.11. The standard InChI is InChI=1S/C18H22N4O2/c1-13-3-6-15(7-4-13)19-18(23)22-11-9-16(10-12-22)24-17-8-5-14(2)20-21-17/h3-8,16H,9-12H2,1-2H3,(H,19,23). The lowest BCUT2D eigenvalue weighted by molar-refractivity contribution is 0.110. The number of nitrogens with zero attached hydrogens (tertiary/aromatic N) is 3. The molecule has 0 radical (unpaired) electrons. The molecule has 24 heavy (non-hydrogen) atoms. The van der Waals surface area contributed by atoms with Crippen LogP contribution in [0.2, 0.25) is 0 Å². The van der Waals surface area contributed by atoms with Gasteiger partial charge in [-0.05, 0) is 32.0 Å². The molecule has 0 aliphatic carbocycles. The maximum atomic E-state index is 12.3. The Kier molecular flexibility index (Phi) is 4.93. The van der Waals surface area contributed by atoms with E-state index < -0.39 is 0 Å². The Morgan fingerprint density at radius 3 is 2.42 bits per heavy atom. The van der Waals surface area contributed by atoms with E-state index in [0.29, 0.717) is 19.0 Å². The molecule has 1 aliphatic rings. The minimum Gasteiger partial charge on any atom is -0.473 e. The van der Waals surface area contributed by atoms with E-state index >= 15 is 0 Å². The number of aryl methyl sites for hydroxylation is 2. The third kappa shape index (κ3) is 4.22. The highest BCUT2D eigenvalue weighted by Crippen LogP contribution is 2.18. The number of aromatic nitrogens is 2. The van der Waals surface area contributed by atoms with Crippen LogP contribution in [0.15, 0.2) is 36.4 Å². The zero-order chi connectivity index (χ0) is 16.9. The lowest BCUT2D eigenvalue weighted by atomic mass is 10.1. The van der Waals surface area contributed by atoms with Crippen LogP contribution in [0.3, 0.4) is 0 Å². The molecule has 1 saturated heterocycles. The largest absolute Gasteiger partial charge is 0.473 e. The van der Waals surface area contributed by atoms with Gasteiger partial charge in [0.25, 0.3) is 0 Å². The van der Waals surface area contributed by atoms with E-state index in [0.717, 1.165) is 24.2 Å². The number of hydrogen-bond donors (Lipinski definition) is 1. The van der Waals surface area contributed by atoms with Gasteiger partial charge < -0.3 is 15.0 Å². The Hall–Kier alpha value is -2.63. The van der Waals surface area contributed by atoms with E-state index in [2.05, 4.69) is 15.5 Å². The Morgan fingerprint density at radius 2 is 1.79 bits per heavy atom. The summed E-state index contributed by atoms with van der Waals surface area (Å²) < 4.78 is 5.84. The van der Waals surface area contributed by atoms with Crippen LogP contribution in [0.5, 0.6) is 5.88 Å². The number of piperidine rings is 1. The number of hydrogen-bond acceptors (Lipinski definition) is 4. The summed E-state index contributed by atoms with van der Waals surface area (Å²) in [6.45, 7) is 5.25. The van der Waals surface area contributed by atoms with E-state index in [4.69, 9.17) is 4.74 Å². The quantitative estimate of drug-likeness (QED) is 0.941. The number of amides is 2. The van der Waals surface area contributed by atoms with Crippen molar-refractivity contribution in [3.8, 4) is 5.88 Å². The summed E-state index contributed by atoms with van der Waals surface area (Å²) in [5, 5.41) is 10.9. The summed E-state index contributed by atoms with van der Waals surface area (Å²) in [6.07, 6.45) is 1.65. The lowest BCUT2D eigenvalue weighted by Gasteiger charge is -2.31. The lowest BCUT2D eigenvalue weighted by Crippen LogP contribution is -2.43. The first-order valence-electron chi connectivity index (χ1n) is 8.20. The molecule has 2 heterocycles. The van der Waals surface area contributed by atoms with Crippen molar-refractivity contribution in [3.05, 3.63) is 47.7 Å².